The lowest BCUT2D eigenvalue weighted by molar-refractivity contribution is -0.145. The van der Waals surface area contributed by atoms with E-state index in [2.05, 4.69) is 15.6 Å². The maximum atomic E-state index is 13.5. The van der Waals surface area contributed by atoms with Crippen LogP contribution in [0.4, 0.5) is 0 Å². The molecule has 0 aliphatic carbocycles. The van der Waals surface area contributed by atoms with Crippen LogP contribution in [0.2, 0.25) is 0 Å². The van der Waals surface area contributed by atoms with Crippen LogP contribution in [0.1, 0.15) is 45.1 Å². The van der Waals surface area contributed by atoms with Crippen LogP contribution in [0.15, 0.2) is 30.5 Å². The van der Waals surface area contributed by atoms with E-state index in [0.717, 1.165) is 16.5 Å². The van der Waals surface area contributed by atoms with E-state index in [-0.39, 0.29) is 31.7 Å². The Morgan fingerprint density at radius 2 is 1.84 bits per heavy atom. The first-order chi connectivity index (χ1) is 18.0. The molecule has 0 spiro atoms. The molecule has 4 unspecified atom stereocenters. The molecule has 1 aliphatic rings. The Bertz CT molecular complexity index is 1190. The number of carbonyl (C=O) groups is 5. The number of nitrogens with zero attached hydrogens (tertiary/aromatic N) is 1. The van der Waals surface area contributed by atoms with E-state index in [1.54, 1.807) is 6.20 Å². The highest BCUT2D eigenvalue weighted by Crippen LogP contribution is 2.22. The van der Waals surface area contributed by atoms with Gasteiger partial charge in [-0.3, -0.25) is 19.2 Å². The average molecular weight is 529 g/mol. The first kappa shape index (κ1) is 28.6. The van der Waals surface area contributed by atoms with Gasteiger partial charge in [-0.1, -0.05) is 32.0 Å². The maximum absolute atomic E-state index is 13.5. The number of likely N-dealkylation sites (tertiary alicyclic amines) is 1. The Morgan fingerprint density at radius 3 is 2.50 bits per heavy atom. The number of amides is 4. The zero-order valence-electron chi connectivity index (χ0n) is 21.6. The lowest BCUT2D eigenvalue weighted by Gasteiger charge is -2.30. The summed E-state index contributed by atoms with van der Waals surface area (Å²) in [6, 6.07) is 3.23. The molecule has 206 valence electrons. The van der Waals surface area contributed by atoms with Gasteiger partial charge in [0.2, 0.25) is 23.6 Å². The Labute approximate surface area is 220 Å². The number of fused-ring (bicyclic) bond motifs is 1. The Hall–Kier alpha value is -3.93. The molecule has 3 rings (SSSR count). The van der Waals surface area contributed by atoms with Gasteiger partial charge in [-0.2, -0.15) is 0 Å². The fourth-order valence-corrected chi connectivity index (χ4v) is 4.77. The van der Waals surface area contributed by atoms with E-state index < -0.39 is 53.8 Å². The average Bonchev–Trinajstić information content (AvgIpc) is 3.49. The van der Waals surface area contributed by atoms with Crippen molar-refractivity contribution in [3.8, 4) is 0 Å². The van der Waals surface area contributed by atoms with Gasteiger partial charge in [0.05, 0.1) is 12.5 Å². The third-order valence-corrected chi connectivity index (χ3v) is 6.63. The van der Waals surface area contributed by atoms with Crippen molar-refractivity contribution < 1.29 is 29.1 Å². The van der Waals surface area contributed by atoms with Gasteiger partial charge >= 0.3 is 5.97 Å². The number of benzene rings is 1. The summed E-state index contributed by atoms with van der Waals surface area (Å²) in [4.78, 5) is 66.9. The smallest absolute Gasteiger partial charge is 0.326 e. The Morgan fingerprint density at radius 1 is 1.13 bits per heavy atom. The van der Waals surface area contributed by atoms with Gasteiger partial charge in [-0.25, -0.2) is 4.79 Å². The minimum Gasteiger partial charge on any atom is -0.480 e. The number of H-pyrrole nitrogens is 1. The van der Waals surface area contributed by atoms with Gasteiger partial charge in [0.1, 0.15) is 18.1 Å². The molecule has 1 saturated heterocycles. The molecule has 0 radical (unpaired) electrons. The molecule has 4 atom stereocenters. The number of aliphatic carboxylic acids is 1. The van der Waals surface area contributed by atoms with Crippen molar-refractivity contribution in [3.05, 3.63) is 36.0 Å². The first-order valence-electron chi connectivity index (χ1n) is 12.7. The number of aromatic amines is 1. The Balaban J connectivity index is 1.72. The lowest BCUT2D eigenvalue weighted by atomic mass is 10.0. The van der Waals surface area contributed by atoms with E-state index in [1.165, 1.54) is 4.90 Å². The molecule has 12 nitrogen and oxygen atoms in total. The predicted octanol–water partition coefficient (Wildman–Crippen LogP) is 0.00440. The highest BCUT2D eigenvalue weighted by molar-refractivity contribution is 5.95. The van der Waals surface area contributed by atoms with Gasteiger partial charge in [0.25, 0.3) is 0 Å². The number of hydrogen-bond acceptors (Lipinski definition) is 6. The summed E-state index contributed by atoms with van der Waals surface area (Å²) < 4.78 is 0. The molecule has 1 aromatic carbocycles. The molecule has 1 aromatic heterocycles. The van der Waals surface area contributed by atoms with Crippen molar-refractivity contribution in [2.24, 2.45) is 17.4 Å². The van der Waals surface area contributed by atoms with Crippen LogP contribution >= 0.6 is 0 Å². The van der Waals surface area contributed by atoms with Crippen LogP contribution in [0, 0.1) is 5.92 Å². The molecule has 0 saturated carbocycles. The van der Waals surface area contributed by atoms with Crippen molar-refractivity contribution in [1.29, 1.82) is 0 Å². The summed E-state index contributed by atoms with van der Waals surface area (Å²) in [7, 11) is 0. The molecular weight excluding hydrogens is 492 g/mol. The van der Waals surface area contributed by atoms with Crippen LogP contribution in [-0.4, -0.2) is 75.3 Å². The number of nitrogens with two attached hydrogens (primary N) is 2. The fourth-order valence-electron chi connectivity index (χ4n) is 4.77. The minimum atomic E-state index is -1.20. The monoisotopic (exact) mass is 528 g/mol. The van der Waals surface area contributed by atoms with E-state index in [9.17, 15) is 29.1 Å². The molecule has 4 amide bonds. The molecule has 12 heteroatoms. The van der Waals surface area contributed by atoms with E-state index in [4.69, 9.17) is 11.5 Å². The molecule has 2 heterocycles. The molecule has 1 fully saturated rings. The quantitative estimate of drug-likeness (QED) is 0.222. The second-order valence-electron chi connectivity index (χ2n) is 10.1. The number of carbonyl (C=O) groups excluding carboxylic acids is 4. The summed E-state index contributed by atoms with van der Waals surface area (Å²) in [6.07, 6.45) is 2.62. The van der Waals surface area contributed by atoms with Gasteiger partial charge < -0.3 is 37.1 Å². The van der Waals surface area contributed by atoms with Crippen LogP contribution in [0.25, 0.3) is 10.9 Å². The molecular formula is C26H36N6O6. The van der Waals surface area contributed by atoms with Gasteiger partial charge in [0, 0.05) is 30.1 Å². The number of aromatic nitrogens is 1. The molecule has 0 bridgehead atoms. The molecule has 2 aromatic rings. The number of rotatable bonds is 12. The van der Waals surface area contributed by atoms with Crippen LogP contribution < -0.4 is 22.1 Å². The number of carboxylic acids is 1. The van der Waals surface area contributed by atoms with Crippen molar-refractivity contribution in [2.45, 2.75) is 70.1 Å². The van der Waals surface area contributed by atoms with Crippen molar-refractivity contribution in [3.63, 3.8) is 0 Å². The normalized spacial score (nSPS) is 17.7. The summed E-state index contributed by atoms with van der Waals surface area (Å²) >= 11 is 0. The molecule has 1 aliphatic heterocycles. The largest absolute Gasteiger partial charge is 0.480 e. The number of carboxylic acid groups (broad SMARTS) is 1. The van der Waals surface area contributed by atoms with Gasteiger partial charge in [-0.15, -0.1) is 0 Å². The van der Waals surface area contributed by atoms with Crippen LogP contribution in [0.3, 0.4) is 0 Å². The minimum absolute atomic E-state index is 0.0269. The summed E-state index contributed by atoms with van der Waals surface area (Å²) in [6.45, 7) is 4.05. The van der Waals surface area contributed by atoms with E-state index in [1.807, 2.05) is 38.1 Å². The summed E-state index contributed by atoms with van der Waals surface area (Å²) in [5.41, 5.74) is 12.5. The SMILES string of the molecule is CC(C)CC(NC(=O)C(N)CC(N)=O)C(=O)N1CCCC1C(=O)NC(Cc1c[nH]c2ccccc12)C(=O)O. The molecule has 38 heavy (non-hydrogen) atoms. The van der Waals surface area contributed by atoms with Crippen LogP contribution in [-0.2, 0) is 30.4 Å². The topological polar surface area (TPSA) is 201 Å². The zero-order chi connectivity index (χ0) is 28.0. The number of hydrogen-bond donors (Lipinski definition) is 6. The van der Waals surface area contributed by atoms with Crippen LogP contribution in [0.5, 0.6) is 0 Å². The fraction of sp³-hybridized carbons (Fsp3) is 0.500. The third-order valence-electron chi connectivity index (χ3n) is 6.63. The van der Waals surface area contributed by atoms with Gasteiger partial charge in [0.15, 0.2) is 0 Å². The zero-order valence-corrected chi connectivity index (χ0v) is 21.6. The van der Waals surface area contributed by atoms with Crippen molar-refractivity contribution in [1.82, 2.24) is 20.5 Å². The van der Waals surface area contributed by atoms with Crippen molar-refractivity contribution >= 4 is 40.5 Å². The molecule has 8 N–H and O–H groups in total. The number of para-hydroxylation sites is 1. The third kappa shape index (κ3) is 7.09. The highest BCUT2D eigenvalue weighted by Gasteiger charge is 2.39. The lowest BCUT2D eigenvalue weighted by Crippen LogP contribution is -2.57. The van der Waals surface area contributed by atoms with E-state index in [0.29, 0.717) is 12.8 Å². The predicted molar refractivity (Wildman–Crippen MR) is 139 cm³/mol. The van der Waals surface area contributed by atoms with E-state index >= 15 is 0 Å². The highest BCUT2D eigenvalue weighted by atomic mass is 16.4. The summed E-state index contributed by atoms with van der Waals surface area (Å²) in [5, 5.41) is 15.9. The number of nitrogens with one attached hydrogen (secondary N) is 3. The first-order valence-corrected chi connectivity index (χ1v) is 12.7. The van der Waals surface area contributed by atoms with Gasteiger partial charge in [-0.05, 0) is 36.8 Å². The second-order valence-corrected chi connectivity index (χ2v) is 10.1. The second kappa shape index (κ2) is 12.5. The Kier molecular flexibility index (Phi) is 9.45. The maximum Gasteiger partial charge on any atom is 0.326 e. The van der Waals surface area contributed by atoms with Crippen molar-refractivity contribution in [2.75, 3.05) is 6.54 Å². The summed E-state index contributed by atoms with van der Waals surface area (Å²) in [5.74, 6) is -3.61. The standard InChI is InChI=1S/C26H36N6O6/c1-14(2)10-19(30-23(34)17(27)12-22(28)33)25(36)32-9-5-8-21(32)24(35)31-20(26(37)38)11-15-13-29-18-7-4-3-6-16(15)18/h3-4,6-7,13-14,17,19-21,29H,5,8-12,27H2,1-2H3,(H2,28,33)(H,30,34)(H,31,35)(H,37,38). The number of primary amides is 1.